The van der Waals surface area contributed by atoms with Crippen LogP contribution in [0, 0.1) is 0 Å². The molecule has 1 aromatic heterocycles. The van der Waals surface area contributed by atoms with E-state index in [2.05, 4.69) is 20.8 Å². The number of hydrogen-bond donors (Lipinski definition) is 1. The number of carbonyl (C=O) groups excluding carboxylic acids is 2. The quantitative estimate of drug-likeness (QED) is 0.674. The van der Waals surface area contributed by atoms with Gasteiger partial charge in [-0.3, -0.25) is 9.59 Å². The van der Waals surface area contributed by atoms with Crippen LogP contribution in [0.4, 0.5) is 5.69 Å². The predicted octanol–water partition coefficient (Wildman–Crippen LogP) is 3.13. The summed E-state index contributed by atoms with van der Waals surface area (Å²) in [7, 11) is 1.75. The monoisotopic (exact) mass is 369 g/mol. The first-order valence-electron chi connectivity index (χ1n) is 7.94. The van der Waals surface area contributed by atoms with Crippen LogP contribution in [0.15, 0.2) is 48.5 Å². The molecule has 0 radical (unpaired) electrons. The second-order valence-corrected chi connectivity index (χ2v) is 6.12. The molecule has 3 rings (SSSR count). The summed E-state index contributed by atoms with van der Waals surface area (Å²) >= 11 is 5.80. The van der Waals surface area contributed by atoms with Crippen molar-refractivity contribution in [2.45, 2.75) is 12.8 Å². The van der Waals surface area contributed by atoms with Crippen LogP contribution < -0.4 is 5.32 Å². The largest absolute Gasteiger partial charge is 0.326 e. The van der Waals surface area contributed by atoms with Gasteiger partial charge in [0.1, 0.15) is 0 Å². The molecule has 8 heteroatoms. The molecular weight excluding hydrogens is 354 g/mol. The average molecular weight is 370 g/mol. The average Bonchev–Trinajstić information content (AvgIpc) is 3.07. The highest BCUT2D eigenvalue weighted by Gasteiger charge is 2.10. The molecule has 0 aliphatic heterocycles. The summed E-state index contributed by atoms with van der Waals surface area (Å²) in [5.74, 6) is 0.318. The minimum atomic E-state index is -0.222. The van der Waals surface area contributed by atoms with Gasteiger partial charge in [-0.25, -0.2) is 4.68 Å². The Balaban J connectivity index is 1.54. The lowest BCUT2D eigenvalue weighted by molar-refractivity contribution is -0.116. The van der Waals surface area contributed by atoms with Gasteiger partial charge >= 0.3 is 0 Å². The lowest BCUT2D eigenvalue weighted by atomic mass is 10.1. The Hall–Kier alpha value is -3.06. The Morgan fingerprint density at radius 2 is 1.73 bits per heavy atom. The molecule has 26 heavy (non-hydrogen) atoms. The molecule has 0 aliphatic carbocycles. The number of ketones is 1. The molecule has 0 bridgehead atoms. The van der Waals surface area contributed by atoms with E-state index in [4.69, 9.17) is 11.6 Å². The molecule has 0 unspecified atom stereocenters. The van der Waals surface area contributed by atoms with E-state index >= 15 is 0 Å². The molecule has 0 saturated carbocycles. The van der Waals surface area contributed by atoms with Crippen molar-refractivity contribution in [1.29, 1.82) is 0 Å². The Morgan fingerprint density at radius 3 is 2.35 bits per heavy atom. The molecule has 7 nitrogen and oxygen atoms in total. The van der Waals surface area contributed by atoms with Crippen LogP contribution in [0.25, 0.3) is 11.4 Å². The number of nitrogens with one attached hydrogen (secondary N) is 1. The summed E-state index contributed by atoms with van der Waals surface area (Å²) in [5.41, 5.74) is 2.03. The first kappa shape index (κ1) is 17.8. The van der Waals surface area contributed by atoms with Gasteiger partial charge < -0.3 is 5.32 Å². The van der Waals surface area contributed by atoms with Gasteiger partial charge in [0, 0.05) is 41.7 Å². The third-order valence-electron chi connectivity index (χ3n) is 3.79. The number of anilines is 1. The number of aryl methyl sites for hydroxylation is 1. The summed E-state index contributed by atoms with van der Waals surface area (Å²) in [5, 5.41) is 14.6. The predicted molar refractivity (Wildman–Crippen MR) is 97.9 cm³/mol. The van der Waals surface area contributed by atoms with E-state index in [0.29, 0.717) is 22.1 Å². The van der Waals surface area contributed by atoms with Crippen molar-refractivity contribution in [3.8, 4) is 11.4 Å². The number of amides is 1. The highest BCUT2D eigenvalue weighted by atomic mass is 35.5. The van der Waals surface area contributed by atoms with Crippen LogP contribution in [-0.4, -0.2) is 31.9 Å². The number of hydrogen-bond acceptors (Lipinski definition) is 5. The van der Waals surface area contributed by atoms with Crippen LogP contribution in [0.3, 0.4) is 0 Å². The summed E-state index contributed by atoms with van der Waals surface area (Å²) in [6.45, 7) is 0. The zero-order valence-electron chi connectivity index (χ0n) is 14.0. The van der Waals surface area contributed by atoms with Crippen molar-refractivity contribution in [3.63, 3.8) is 0 Å². The number of carbonyl (C=O) groups is 2. The van der Waals surface area contributed by atoms with E-state index in [9.17, 15) is 9.59 Å². The third-order valence-corrected chi connectivity index (χ3v) is 4.04. The Bertz CT molecular complexity index is 920. The van der Waals surface area contributed by atoms with Crippen molar-refractivity contribution >= 4 is 29.0 Å². The van der Waals surface area contributed by atoms with Crippen LogP contribution >= 0.6 is 11.6 Å². The fourth-order valence-corrected chi connectivity index (χ4v) is 2.53. The standard InChI is InChI=1S/C18H16ClN5O2/c1-24-18(21-22-23-24)13-4-8-15(9-5-13)20-17(26)11-10-16(25)12-2-6-14(19)7-3-12/h2-9H,10-11H2,1H3,(H,20,26). The normalized spacial score (nSPS) is 10.5. The first-order chi connectivity index (χ1) is 12.5. The number of rotatable bonds is 6. The lowest BCUT2D eigenvalue weighted by Crippen LogP contribution is -2.13. The summed E-state index contributed by atoms with van der Waals surface area (Å²) in [6.07, 6.45) is 0.243. The van der Waals surface area contributed by atoms with Gasteiger partial charge in [0.05, 0.1) is 0 Å². The molecule has 3 aromatic rings. The van der Waals surface area contributed by atoms with Gasteiger partial charge in [0.2, 0.25) is 5.91 Å². The van der Waals surface area contributed by atoms with Crippen molar-refractivity contribution in [3.05, 3.63) is 59.1 Å². The SMILES string of the molecule is Cn1nnnc1-c1ccc(NC(=O)CCC(=O)c2ccc(Cl)cc2)cc1. The number of benzene rings is 2. The van der Waals surface area contributed by atoms with Crippen molar-refractivity contribution in [2.75, 3.05) is 5.32 Å². The number of nitrogens with zero attached hydrogens (tertiary/aromatic N) is 4. The molecule has 1 heterocycles. The second kappa shape index (κ2) is 7.88. The zero-order valence-corrected chi connectivity index (χ0v) is 14.8. The lowest BCUT2D eigenvalue weighted by Gasteiger charge is -2.06. The molecule has 0 spiro atoms. The van der Waals surface area contributed by atoms with Gasteiger partial charge in [0.25, 0.3) is 0 Å². The van der Waals surface area contributed by atoms with Gasteiger partial charge in [0.15, 0.2) is 11.6 Å². The molecule has 132 valence electrons. The van der Waals surface area contributed by atoms with Gasteiger partial charge in [-0.05, 0) is 59.0 Å². The summed E-state index contributed by atoms with van der Waals surface area (Å²) in [6, 6.07) is 13.8. The number of Topliss-reactive ketones (excluding diaryl/α,β-unsaturated/α-hetero) is 1. The summed E-state index contributed by atoms with van der Waals surface area (Å²) in [4.78, 5) is 24.1. The van der Waals surface area contributed by atoms with Crippen LogP contribution in [0.2, 0.25) is 5.02 Å². The van der Waals surface area contributed by atoms with Crippen molar-refractivity contribution in [1.82, 2.24) is 20.2 Å². The fourth-order valence-electron chi connectivity index (χ4n) is 2.41. The van der Waals surface area contributed by atoms with Crippen molar-refractivity contribution in [2.24, 2.45) is 7.05 Å². The van der Waals surface area contributed by atoms with Gasteiger partial charge in [-0.1, -0.05) is 11.6 Å². The van der Waals surface area contributed by atoms with E-state index in [0.717, 1.165) is 5.56 Å². The minimum Gasteiger partial charge on any atom is -0.326 e. The van der Waals surface area contributed by atoms with Crippen LogP contribution in [0.1, 0.15) is 23.2 Å². The van der Waals surface area contributed by atoms with E-state index in [1.54, 1.807) is 48.1 Å². The number of tetrazole rings is 1. The fraction of sp³-hybridized carbons (Fsp3) is 0.167. The zero-order chi connectivity index (χ0) is 18.5. The molecule has 0 fully saturated rings. The number of aromatic nitrogens is 4. The van der Waals surface area contributed by atoms with Crippen LogP contribution in [-0.2, 0) is 11.8 Å². The smallest absolute Gasteiger partial charge is 0.224 e. The van der Waals surface area contributed by atoms with E-state index in [1.807, 2.05) is 12.1 Å². The maximum absolute atomic E-state index is 12.1. The van der Waals surface area contributed by atoms with Gasteiger partial charge in [-0.15, -0.1) is 5.10 Å². The highest BCUT2D eigenvalue weighted by Crippen LogP contribution is 2.18. The van der Waals surface area contributed by atoms with E-state index in [-0.39, 0.29) is 24.5 Å². The maximum atomic E-state index is 12.1. The maximum Gasteiger partial charge on any atom is 0.224 e. The topological polar surface area (TPSA) is 89.8 Å². The molecule has 0 aliphatic rings. The Morgan fingerprint density at radius 1 is 1.04 bits per heavy atom. The first-order valence-corrected chi connectivity index (χ1v) is 8.32. The molecule has 0 saturated heterocycles. The van der Waals surface area contributed by atoms with E-state index in [1.165, 1.54) is 0 Å². The van der Waals surface area contributed by atoms with Crippen molar-refractivity contribution < 1.29 is 9.59 Å². The van der Waals surface area contributed by atoms with Crippen LogP contribution in [0.5, 0.6) is 0 Å². The molecule has 1 amide bonds. The molecule has 1 N–H and O–H groups in total. The Labute approximate surface area is 155 Å². The van der Waals surface area contributed by atoms with Gasteiger partial charge in [-0.2, -0.15) is 0 Å². The molecular formula is C18H16ClN5O2. The molecule has 2 aromatic carbocycles. The minimum absolute atomic E-state index is 0.0954. The third kappa shape index (κ3) is 4.31. The Kier molecular flexibility index (Phi) is 5.38. The summed E-state index contributed by atoms with van der Waals surface area (Å²) < 4.78 is 1.57. The number of halogens is 1. The van der Waals surface area contributed by atoms with E-state index < -0.39 is 0 Å². The molecule has 0 atom stereocenters. The highest BCUT2D eigenvalue weighted by molar-refractivity contribution is 6.30. The second-order valence-electron chi connectivity index (χ2n) is 5.68.